The molecule has 1 atom stereocenters. The van der Waals surface area contributed by atoms with Gasteiger partial charge in [0.2, 0.25) is 0 Å². The molecule has 2 heterocycles. The van der Waals surface area contributed by atoms with Crippen molar-refractivity contribution in [3.05, 3.63) is 23.9 Å². The van der Waals surface area contributed by atoms with Gasteiger partial charge in [0.15, 0.2) is 0 Å². The van der Waals surface area contributed by atoms with Crippen LogP contribution < -0.4 is 11.3 Å². The van der Waals surface area contributed by atoms with E-state index >= 15 is 0 Å². The number of carbonyl (C=O) groups is 1. The Bertz CT molecular complexity index is 435. The fourth-order valence-electron chi connectivity index (χ4n) is 2.65. The minimum atomic E-state index is 0.0193. The van der Waals surface area contributed by atoms with Crippen molar-refractivity contribution in [2.45, 2.75) is 45.1 Å². The summed E-state index contributed by atoms with van der Waals surface area (Å²) in [5, 5.41) is 0. The molecule has 5 heteroatoms. The number of carbonyl (C=O) groups excluding carboxylic acids is 1. The number of hydrazine groups is 1. The lowest BCUT2D eigenvalue weighted by Gasteiger charge is -2.29. The molecule has 1 amide bonds. The van der Waals surface area contributed by atoms with Gasteiger partial charge in [0.1, 0.15) is 11.5 Å². The number of nitrogens with one attached hydrogen (secondary N) is 1. The summed E-state index contributed by atoms with van der Waals surface area (Å²) in [5.74, 6) is 5.88. The summed E-state index contributed by atoms with van der Waals surface area (Å²) < 4.78 is 0. The number of aromatic nitrogens is 1. The Morgan fingerprint density at radius 2 is 2.32 bits per heavy atom. The van der Waals surface area contributed by atoms with Gasteiger partial charge in [0.25, 0.3) is 5.91 Å². The first kappa shape index (κ1) is 13.8. The van der Waals surface area contributed by atoms with Crippen molar-refractivity contribution in [2.24, 2.45) is 5.84 Å². The predicted molar refractivity (Wildman–Crippen MR) is 75.6 cm³/mol. The van der Waals surface area contributed by atoms with E-state index in [1.54, 1.807) is 18.2 Å². The van der Waals surface area contributed by atoms with E-state index in [4.69, 9.17) is 5.84 Å². The zero-order chi connectivity index (χ0) is 13.7. The third-order valence-electron chi connectivity index (χ3n) is 3.73. The Kier molecular flexibility index (Phi) is 4.74. The van der Waals surface area contributed by atoms with E-state index in [9.17, 15) is 4.79 Å². The number of anilines is 1. The van der Waals surface area contributed by atoms with Gasteiger partial charge >= 0.3 is 0 Å². The second kappa shape index (κ2) is 6.52. The van der Waals surface area contributed by atoms with Crippen LogP contribution in [0.25, 0.3) is 0 Å². The lowest BCUT2D eigenvalue weighted by atomic mass is 10.1. The number of hydrogen-bond acceptors (Lipinski definition) is 4. The normalized spacial score (nSPS) is 19.9. The first-order valence-corrected chi connectivity index (χ1v) is 7.01. The van der Waals surface area contributed by atoms with Crippen molar-refractivity contribution in [1.82, 2.24) is 9.88 Å². The van der Waals surface area contributed by atoms with Crippen molar-refractivity contribution in [2.75, 3.05) is 12.0 Å². The van der Waals surface area contributed by atoms with Crippen LogP contribution in [0.5, 0.6) is 0 Å². The molecule has 0 aliphatic carbocycles. The van der Waals surface area contributed by atoms with Gasteiger partial charge in [-0.2, -0.15) is 0 Å². The van der Waals surface area contributed by atoms with Crippen LogP contribution in [0.1, 0.15) is 49.5 Å². The summed E-state index contributed by atoms with van der Waals surface area (Å²) in [6.45, 7) is 2.97. The van der Waals surface area contributed by atoms with Crippen molar-refractivity contribution >= 4 is 11.7 Å². The topological polar surface area (TPSA) is 71.2 Å². The van der Waals surface area contributed by atoms with Crippen LogP contribution in [-0.4, -0.2) is 28.4 Å². The van der Waals surface area contributed by atoms with E-state index in [0.717, 1.165) is 25.8 Å². The average molecular weight is 262 g/mol. The van der Waals surface area contributed by atoms with Gasteiger partial charge < -0.3 is 10.3 Å². The number of rotatable bonds is 3. The summed E-state index contributed by atoms with van der Waals surface area (Å²) in [4.78, 5) is 18.8. The average Bonchev–Trinajstić information content (AvgIpc) is 2.71. The van der Waals surface area contributed by atoms with Crippen LogP contribution in [0.15, 0.2) is 18.2 Å². The number of amides is 1. The molecule has 1 fully saturated rings. The molecule has 1 aromatic heterocycles. The zero-order valence-electron chi connectivity index (χ0n) is 11.4. The highest BCUT2D eigenvalue weighted by Gasteiger charge is 2.25. The van der Waals surface area contributed by atoms with E-state index in [0.29, 0.717) is 17.6 Å². The van der Waals surface area contributed by atoms with Gasteiger partial charge in [-0.1, -0.05) is 25.8 Å². The van der Waals surface area contributed by atoms with Crippen LogP contribution in [-0.2, 0) is 0 Å². The molecule has 1 saturated heterocycles. The molecule has 0 saturated carbocycles. The lowest BCUT2D eigenvalue weighted by Crippen LogP contribution is -2.40. The van der Waals surface area contributed by atoms with Gasteiger partial charge in [-0.05, 0) is 31.4 Å². The molecule has 0 radical (unpaired) electrons. The molecule has 104 valence electrons. The van der Waals surface area contributed by atoms with Crippen LogP contribution in [0.3, 0.4) is 0 Å². The quantitative estimate of drug-likeness (QED) is 0.647. The fraction of sp³-hybridized carbons (Fsp3) is 0.571. The Labute approximate surface area is 114 Å². The van der Waals surface area contributed by atoms with Gasteiger partial charge in [-0.3, -0.25) is 4.79 Å². The summed E-state index contributed by atoms with van der Waals surface area (Å²) >= 11 is 0. The largest absolute Gasteiger partial charge is 0.334 e. The van der Waals surface area contributed by atoms with Crippen LogP contribution in [0.4, 0.5) is 5.82 Å². The third kappa shape index (κ3) is 3.23. The third-order valence-corrected chi connectivity index (χ3v) is 3.73. The molecule has 0 spiro atoms. The molecular formula is C14H22N4O. The van der Waals surface area contributed by atoms with E-state index in [1.807, 2.05) is 4.90 Å². The van der Waals surface area contributed by atoms with Crippen LogP contribution >= 0.6 is 0 Å². The minimum Gasteiger partial charge on any atom is -0.334 e. The standard InChI is InChI=1S/C14H22N4O/c1-2-11-7-4-3-5-10-18(11)14(19)12-8-6-9-13(16-12)17-15/h6,8-9,11H,2-5,7,10,15H2,1H3,(H,16,17). The van der Waals surface area contributed by atoms with Crippen LogP contribution in [0.2, 0.25) is 0 Å². The molecule has 19 heavy (non-hydrogen) atoms. The number of nitrogens with two attached hydrogens (primary N) is 1. The van der Waals surface area contributed by atoms with Crippen molar-refractivity contribution in [3.63, 3.8) is 0 Å². The summed E-state index contributed by atoms with van der Waals surface area (Å²) in [6.07, 6.45) is 5.59. The smallest absolute Gasteiger partial charge is 0.272 e. The highest BCUT2D eigenvalue weighted by molar-refractivity contribution is 5.92. The second-order valence-corrected chi connectivity index (χ2v) is 4.96. The minimum absolute atomic E-state index is 0.0193. The van der Waals surface area contributed by atoms with Gasteiger partial charge in [0.05, 0.1) is 0 Å². The molecular weight excluding hydrogens is 240 g/mol. The molecule has 1 unspecified atom stereocenters. The maximum Gasteiger partial charge on any atom is 0.272 e. The number of nitrogen functional groups attached to an aromatic ring is 1. The van der Waals surface area contributed by atoms with E-state index in [-0.39, 0.29) is 5.91 Å². The number of hydrogen-bond donors (Lipinski definition) is 2. The Hall–Kier alpha value is -1.62. The van der Waals surface area contributed by atoms with Crippen molar-refractivity contribution in [3.8, 4) is 0 Å². The lowest BCUT2D eigenvalue weighted by molar-refractivity contribution is 0.0672. The van der Waals surface area contributed by atoms with Gasteiger partial charge in [-0.15, -0.1) is 0 Å². The molecule has 1 aromatic rings. The maximum absolute atomic E-state index is 12.6. The molecule has 0 aromatic carbocycles. The maximum atomic E-state index is 12.6. The van der Waals surface area contributed by atoms with E-state index in [2.05, 4.69) is 17.3 Å². The number of nitrogens with zero attached hydrogens (tertiary/aromatic N) is 2. The zero-order valence-corrected chi connectivity index (χ0v) is 11.4. The predicted octanol–water partition coefficient (Wildman–Crippen LogP) is 2.16. The fourth-order valence-corrected chi connectivity index (χ4v) is 2.65. The monoisotopic (exact) mass is 262 g/mol. The van der Waals surface area contributed by atoms with Gasteiger partial charge in [-0.25, -0.2) is 10.8 Å². The molecule has 3 N–H and O–H groups in total. The number of likely N-dealkylation sites (tertiary alicyclic amines) is 1. The molecule has 2 rings (SSSR count). The second-order valence-electron chi connectivity index (χ2n) is 4.96. The highest BCUT2D eigenvalue weighted by Crippen LogP contribution is 2.21. The molecule has 1 aliphatic heterocycles. The summed E-state index contributed by atoms with van der Waals surface area (Å²) in [6, 6.07) is 5.64. The van der Waals surface area contributed by atoms with Crippen LogP contribution in [0, 0.1) is 0 Å². The SMILES string of the molecule is CCC1CCCCCN1C(=O)c1cccc(NN)n1. The molecule has 0 bridgehead atoms. The highest BCUT2D eigenvalue weighted by atomic mass is 16.2. The van der Waals surface area contributed by atoms with E-state index in [1.165, 1.54) is 12.8 Å². The number of pyridine rings is 1. The van der Waals surface area contributed by atoms with Crippen molar-refractivity contribution < 1.29 is 4.79 Å². The first-order chi connectivity index (χ1) is 9.26. The Morgan fingerprint density at radius 3 is 3.05 bits per heavy atom. The first-order valence-electron chi connectivity index (χ1n) is 7.01. The van der Waals surface area contributed by atoms with E-state index < -0.39 is 0 Å². The molecule has 1 aliphatic rings. The Balaban J connectivity index is 2.20. The summed E-state index contributed by atoms with van der Waals surface area (Å²) in [5.41, 5.74) is 2.95. The summed E-state index contributed by atoms with van der Waals surface area (Å²) in [7, 11) is 0. The Morgan fingerprint density at radius 1 is 1.47 bits per heavy atom. The van der Waals surface area contributed by atoms with Gasteiger partial charge in [0, 0.05) is 12.6 Å². The van der Waals surface area contributed by atoms with Crippen molar-refractivity contribution in [1.29, 1.82) is 0 Å². The molecule has 5 nitrogen and oxygen atoms in total.